The molecule has 0 aliphatic carbocycles. The number of benzene rings is 1. The van der Waals surface area contributed by atoms with Gasteiger partial charge in [-0.3, -0.25) is 5.32 Å². The molecule has 0 unspecified atom stereocenters. The van der Waals surface area contributed by atoms with Gasteiger partial charge in [0.1, 0.15) is 5.84 Å². The Balaban J connectivity index is 1.38. The van der Waals surface area contributed by atoms with E-state index in [0.717, 1.165) is 50.7 Å². The molecule has 5 heteroatoms. The Bertz CT molecular complexity index is 620. The Morgan fingerprint density at radius 1 is 1.32 bits per heavy atom. The summed E-state index contributed by atoms with van der Waals surface area (Å²) < 4.78 is 5.63. The standard InChI is InChI=1S/C17H21N3O2/c21-16(19-15-10-13-4-1-2-5-14(13)18-15)20-8-7-17(11-20)6-3-9-22-12-17/h1-2,4-5H,3,6-12H2,(H,18,19,21)/t17-/m1/s1. The number of para-hydroxylation sites is 1. The predicted octanol–water partition coefficient (Wildman–Crippen LogP) is 2.48. The molecule has 1 atom stereocenters. The van der Waals surface area contributed by atoms with Gasteiger partial charge < -0.3 is 9.64 Å². The molecule has 22 heavy (non-hydrogen) atoms. The predicted molar refractivity (Wildman–Crippen MR) is 84.4 cm³/mol. The maximum absolute atomic E-state index is 12.5. The Labute approximate surface area is 130 Å². The molecule has 5 nitrogen and oxygen atoms in total. The van der Waals surface area contributed by atoms with Crippen LogP contribution in [0.25, 0.3) is 0 Å². The first-order valence-corrected chi connectivity index (χ1v) is 8.03. The number of rotatable bonds is 0. The van der Waals surface area contributed by atoms with Crippen LogP contribution in [0, 0.1) is 5.41 Å². The minimum absolute atomic E-state index is 0.0194. The van der Waals surface area contributed by atoms with Gasteiger partial charge in [0, 0.05) is 31.5 Å². The van der Waals surface area contributed by atoms with Crippen molar-refractivity contribution in [3.63, 3.8) is 0 Å². The molecule has 3 heterocycles. The summed E-state index contributed by atoms with van der Waals surface area (Å²) in [6.45, 7) is 3.28. The van der Waals surface area contributed by atoms with Gasteiger partial charge in [-0.2, -0.15) is 0 Å². The minimum atomic E-state index is -0.0194. The molecule has 2 saturated heterocycles. The lowest BCUT2D eigenvalue weighted by Gasteiger charge is -2.32. The van der Waals surface area contributed by atoms with Crippen LogP contribution in [0.2, 0.25) is 0 Å². The highest BCUT2D eigenvalue weighted by Crippen LogP contribution is 2.38. The number of amides is 2. The van der Waals surface area contributed by atoms with Crippen LogP contribution in [0.3, 0.4) is 0 Å². The number of carbonyl (C=O) groups is 1. The number of amidine groups is 1. The fourth-order valence-electron chi connectivity index (χ4n) is 3.75. The number of nitrogens with zero attached hydrogens (tertiary/aromatic N) is 2. The first-order chi connectivity index (χ1) is 10.7. The van der Waals surface area contributed by atoms with E-state index >= 15 is 0 Å². The lowest BCUT2D eigenvalue weighted by Crippen LogP contribution is -2.44. The molecule has 3 aliphatic rings. The van der Waals surface area contributed by atoms with Gasteiger partial charge in [-0.05, 0) is 30.9 Å². The zero-order valence-corrected chi connectivity index (χ0v) is 12.7. The number of nitrogens with one attached hydrogen (secondary N) is 1. The van der Waals surface area contributed by atoms with E-state index in [1.165, 1.54) is 12.0 Å². The van der Waals surface area contributed by atoms with Crippen LogP contribution in [-0.4, -0.2) is 43.1 Å². The van der Waals surface area contributed by atoms with Crippen LogP contribution >= 0.6 is 0 Å². The van der Waals surface area contributed by atoms with Crippen molar-refractivity contribution >= 4 is 17.6 Å². The average Bonchev–Trinajstić information content (AvgIpc) is 3.12. The van der Waals surface area contributed by atoms with Gasteiger partial charge in [-0.25, -0.2) is 9.79 Å². The van der Waals surface area contributed by atoms with E-state index in [-0.39, 0.29) is 11.4 Å². The molecule has 2 fully saturated rings. The van der Waals surface area contributed by atoms with Crippen LogP contribution in [-0.2, 0) is 11.2 Å². The zero-order chi connectivity index (χ0) is 15.0. The molecule has 1 aromatic rings. The van der Waals surface area contributed by atoms with Crippen LogP contribution in [0.4, 0.5) is 10.5 Å². The molecular weight excluding hydrogens is 278 g/mol. The van der Waals surface area contributed by atoms with Gasteiger partial charge in [-0.1, -0.05) is 18.2 Å². The van der Waals surface area contributed by atoms with E-state index in [1.807, 2.05) is 23.1 Å². The van der Waals surface area contributed by atoms with Gasteiger partial charge in [0.15, 0.2) is 0 Å². The van der Waals surface area contributed by atoms with E-state index < -0.39 is 0 Å². The molecule has 0 radical (unpaired) electrons. The van der Waals surface area contributed by atoms with Gasteiger partial charge in [-0.15, -0.1) is 0 Å². The largest absolute Gasteiger partial charge is 0.381 e. The lowest BCUT2D eigenvalue weighted by molar-refractivity contribution is -0.000361. The molecule has 2 amide bonds. The molecule has 116 valence electrons. The van der Waals surface area contributed by atoms with Crippen molar-refractivity contribution in [1.29, 1.82) is 0 Å². The van der Waals surface area contributed by atoms with E-state index in [0.29, 0.717) is 6.42 Å². The van der Waals surface area contributed by atoms with Crippen molar-refractivity contribution in [2.75, 3.05) is 26.3 Å². The third-order valence-electron chi connectivity index (χ3n) is 4.99. The molecule has 0 aromatic heterocycles. The lowest BCUT2D eigenvalue weighted by atomic mass is 9.82. The number of hydrogen-bond acceptors (Lipinski definition) is 3. The van der Waals surface area contributed by atoms with Crippen molar-refractivity contribution in [3.05, 3.63) is 29.8 Å². The van der Waals surface area contributed by atoms with Crippen LogP contribution in [0.5, 0.6) is 0 Å². The van der Waals surface area contributed by atoms with Gasteiger partial charge in [0.05, 0.1) is 12.3 Å². The maximum Gasteiger partial charge on any atom is 0.322 e. The highest BCUT2D eigenvalue weighted by atomic mass is 16.5. The second-order valence-electron chi connectivity index (χ2n) is 6.62. The summed E-state index contributed by atoms with van der Waals surface area (Å²) >= 11 is 0. The third-order valence-corrected chi connectivity index (χ3v) is 4.99. The van der Waals surface area contributed by atoms with Crippen molar-refractivity contribution in [2.24, 2.45) is 10.4 Å². The Hall–Kier alpha value is -1.88. The van der Waals surface area contributed by atoms with E-state index in [9.17, 15) is 4.79 Å². The number of hydrogen-bond donors (Lipinski definition) is 1. The molecule has 0 saturated carbocycles. The van der Waals surface area contributed by atoms with Crippen LogP contribution in [0.15, 0.2) is 29.3 Å². The number of carbonyl (C=O) groups excluding carboxylic acids is 1. The molecule has 0 bridgehead atoms. The summed E-state index contributed by atoms with van der Waals surface area (Å²) in [5.41, 5.74) is 2.34. The first kappa shape index (κ1) is 13.8. The second-order valence-corrected chi connectivity index (χ2v) is 6.62. The van der Waals surface area contributed by atoms with Crippen LogP contribution < -0.4 is 5.32 Å². The quantitative estimate of drug-likeness (QED) is 0.800. The number of fused-ring (bicyclic) bond motifs is 1. The summed E-state index contributed by atoms with van der Waals surface area (Å²) in [6.07, 6.45) is 4.04. The summed E-state index contributed by atoms with van der Waals surface area (Å²) in [6, 6.07) is 8.00. The molecule has 4 rings (SSSR count). The normalized spacial score (nSPS) is 26.9. The van der Waals surface area contributed by atoms with Crippen molar-refractivity contribution < 1.29 is 9.53 Å². The third kappa shape index (κ3) is 2.50. The molecule has 1 N–H and O–H groups in total. The number of aliphatic imine (C=N–C) groups is 1. The SMILES string of the molecule is O=C(NC1=Nc2ccccc2C1)N1CC[C@]2(CCCOC2)C1. The average molecular weight is 299 g/mol. The molecule has 1 spiro atoms. The summed E-state index contributed by atoms with van der Waals surface area (Å²) in [7, 11) is 0. The first-order valence-electron chi connectivity index (χ1n) is 8.03. The Kier molecular flexibility index (Phi) is 3.37. The van der Waals surface area contributed by atoms with Crippen LogP contribution in [0.1, 0.15) is 24.8 Å². The fourth-order valence-corrected chi connectivity index (χ4v) is 3.75. The monoisotopic (exact) mass is 299 g/mol. The Morgan fingerprint density at radius 2 is 2.23 bits per heavy atom. The highest BCUT2D eigenvalue weighted by Gasteiger charge is 2.41. The maximum atomic E-state index is 12.5. The van der Waals surface area contributed by atoms with Crippen molar-refractivity contribution in [1.82, 2.24) is 10.2 Å². The fraction of sp³-hybridized carbons (Fsp3) is 0.529. The van der Waals surface area contributed by atoms with E-state index in [2.05, 4.69) is 16.4 Å². The van der Waals surface area contributed by atoms with Gasteiger partial charge >= 0.3 is 6.03 Å². The van der Waals surface area contributed by atoms with Crippen molar-refractivity contribution in [2.45, 2.75) is 25.7 Å². The molecule has 1 aromatic carbocycles. The highest BCUT2D eigenvalue weighted by molar-refractivity contribution is 6.02. The minimum Gasteiger partial charge on any atom is -0.381 e. The number of likely N-dealkylation sites (tertiary alicyclic amines) is 1. The number of ether oxygens (including phenoxy) is 1. The summed E-state index contributed by atoms with van der Waals surface area (Å²) in [5.74, 6) is 0.757. The second kappa shape index (κ2) is 5.39. The summed E-state index contributed by atoms with van der Waals surface area (Å²) in [5, 5.41) is 2.99. The van der Waals surface area contributed by atoms with E-state index in [4.69, 9.17) is 4.74 Å². The zero-order valence-electron chi connectivity index (χ0n) is 12.7. The Morgan fingerprint density at radius 3 is 3.05 bits per heavy atom. The molecule has 3 aliphatic heterocycles. The smallest absolute Gasteiger partial charge is 0.322 e. The van der Waals surface area contributed by atoms with Gasteiger partial charge in [0.2, 0.25) is 0 Å². The van der Waals surface area contributed by atoms with Gasteiger partial charge in [0.25, 0.3) is 0 Å². The number of urea groups is 1. The van der Waals surface area contributed by atoms with Crippen molar-refractivity contribution in [3.8, 4) is 0 Å². The van der Waals surface area contributed by atoms with E-state index in [1.54, 1.807) is 0 Å². The molecular formula is C17H21N3O2. The summed E-state index contributed by atoms with van der Waals surface area (Å²) in [4.78, 5) is 18.9. The topological polar surface area (TPSA) is 53.9 Å².